The predicted octanol–water partition coefficient (Wildman–Crippen LogP) is 3.70. The molecule has 0 unspecified atom stereocenters. The molecule has 0 aliphatic carbocycles. The third-order valence-electron chi connectivity index (χ3n) is 3.88. The minimum absolute atomic E-state index is 0.428. The molecule has 0 aliphatic heterocycles. The Labute approximate surface area is 138 Å². The van der Waals surface area contributed by atoms with E-state index in [0.717, 1.165) is 28.2 Å². The van der Waals surface area contributed by atoms with Crippen molar-refractivity contribution in [2.75, 3.05) is 7.11 Å². The standard InChI is InChI=1S/C18H16N4O2/c1-11-4-9-15-16(10-11)22-12(2)20-21-17(22)18(19-15)24-14-7-5-13(23-3)6-8-14/h4-10H,1-3H3. The van der Waals surface area contributed by atoms with Gasteiger partial charge in [0.2, 0.25) is 5.65 Å². The molecule has 6 heteroatoms. The summed E-state index contributed by atoms with van der Waals surface area (Å²) in [6.45, 7) is 3.96. The summed E-state index contributed by atoms with van der Waals surface area (Å²) >= 11 is 0. The first-order valence-corrected chi connectivity index (χ1v) is 7.60. The molecular weight excluding hydrogens is 304 g/mol. The van der Waals surface area contributed by atoms with E-state index in [2.05, 4.69) is 21.2 Å². The highest BCUT2D eigenvalue weighted by atomic mass is 16.5. The van der Waals surface area contributed by atoms with Crippen molar-refractivity contribution in [3.05, 3.63) is 53.9 Å². The van der Waals surface area contributed by atoms with Crippen LogP contribution in [0.5, 0.6) is 17.4 Å². The van der Waals surface area contributed by atoms with Crippen LogP contribution in [0.3, 0.4) is 0 Å². The van der Waals surface area contributed by atoms with Crippen molar-refractivity contribution in [1.82, 2.24) is 19.6 Å². The first kappa shape index (κ1) is 14.4. The number of benzene rings is 2. The van der Waals surface area contributed by atoms with E-state index in [9.17, 15) is 0 Å². The van der Waals surface area contributed by atoms with Gasteiger partial charge in [-0.3, -0.25) is 4.40 Å². The summed E-state index contributed by atoms with van der Waals surface area (Å²) in [5, 5.41) is 8.41. The highest BCUT2D eigenvalue weighted by Crippen LogP contribution is 2.28. The second-order valence-corrected chi connectivity index (χ2v) is 5.59. The number of fused-ring (bicyclic) bond motifs is 3. The Morgan fingerprint density at radius 2 is 1.67 bits per heavy atom. The fraction of sp³-hybridized carbons (Fsp3) is 0.167. The van der Waals surface area contributed by atoms with Gasteiger partial charge in [-0.2, -0.15) is 0 Å². The average molecular weight is 320 g/mol. The van der Waals surface area contributed by atoms with Gasteiger partial charge in [-0.05, 0) is 55.8 Å². The number of nitrogens with zero attached hydrogens (tertiary/aromatic N) is 4. The van der Waals surface area contributed by atoms with Gasteiger partial charge in [0.15, 0.2) is 0 Å². The summed E-state index contributed by atoms with van der Waals surface area (Å²) < 4.78 is 13.1. The van der Waals surface area contributed by atoms with Crippen molar-refractivity contribution in [1.29, 1.82) is 0 Å². The predicted molar refractivity (Wildman–Crippen MR) is 90.8 cm³/mol. The second kappa shape index (κ2) is 5.49. The Bertz CT molecular complexity index is 1040. The van der Waals surface area contributed by atoms with Crippen molar-refractivity contribution in [2.45, 2.75) is 13.8 Å². The third-order valence-corrected chi connectivity index (χ3v) is 3.88. The van der Waals surface area contributed by atoms with Gasteiger partial charge in [0.1, 0.15) is 17.3 Å². The van der Waals surface area contributed by atoms with Crippen LogP contribution in [0.2, 0.25) is 0 Å². The maximum atomic E-state index is 5.95. The van der Waals surface area contributed by atoms with Gasteiger partial charge in [-0.25, -0.2) is 4.98 Å². The molecule has 4 rings (SSSR count). The topological polar surface area (TPSA) is 61.5 Å². The molecular formula is C18H16N4O2. The summed E-state index contributed by atoms with van der Waals surface area (Å²) in [5.74, 6) is 2.66. The Balaban J connectivity index is 1.88. The van der Waals surface area contributed by atoms with E-state index >= 15 is 0 Å². The Morgan fingerprint density at radius 1 is 0.917 bits per heavy atom. The zero-order valence-electron chi connectivity index (χ0n) is 13.6. The van der Waals surface area contributed by atoms with E-state index in [1.165, 1.54) is 0 Å². The third kappa shape index (κ3) is 2.32. The molecule has 0 spiro atoms. The van der Waals surface area contributed by atoms with E-state index in [4.69, 9.17) is 9.47 Å². The van der Waals surface area contributed by atoms with E-state index in [0.29, 0.717) is 17.3 Å². The zero-order valence-corrected chi connectivity index (χ0v) is 13.6. The Morgan fingerprint density at radius 3 is 2.42 bits per heavy atom. The first-order chi connectivity index (χ1) is 11.7. The lowest BCUT2D eigenvalue weighted by Crippen LogP contribution is -1.98. The summed E-state index contributed by atoms with van der Waals surface area (Å²) in [5.41, 5.74) is 3.55. The molecule has 24 heavy (non-hydrogen) atoms. The van der Waals surface area contributed by atoms with Crippen molar-refractivity contribution >= 4 is 16.7 Å². The molecule has 0 radical (unpaired) electrons. The second-order valence-electron chi connectivity index (χ2n) is 5.59. The molecule has 2 heterocycles. The normalized spacial score (nSPS) is 11.1. The fourth-order valence-corrected chi connectivity index (χ4v) is 2.68. The Hall–Kier alpha value is -3.15. The molecule has 0 saturated heterocycles. The highest BCUT2D eigenvalue weighted by Gasteiger charge is 2.15. The van der Waals surface area contributed by atoms with Crippen LogP contribution in [0.1, 0.15) is 11.4 Å². The fourth-order valence-electron chi connectivity index (χ4n) is 2.68. The number of aryl methyl sites for hydroxylation is 2. The highest BCUT2D eigenvalue weighted by molar-refractivity contribution is 5.80. The Kier molecular flexibility index (Phi) is 3.30. The summed E-state index contributed by atoms with van der Waals surface area (Å²) in [4.78, 5) is 4.62. The molecule has 0 atom stereocenters. The van der Waals surface area contributed by atoms with E-state index in [1.54, 1.807) is 7.11 Å². The van der Waals surface area contributed by atoms with Crippen molar-refractivity contribution in [3.8, 4) is 17.4 Å². The number of ether oxygens (including phenoxy) is 2. The molecule has 2 aromatic carbocycles. The number of aromatic nitrogens is 4. The van der Waals surface area contributed by atoms with E-state index in [-0.39, 0.29) is 0 Å². The molecule has 0 N–H and O–H groups in total. The number of hydrogen-bond acceptors (Lipinski definition) is 5. The SMILES string of the molecule is COc1ccc(Oc2nc3ccc(C)cc3n3c(C)nnc23)cc1. The average Bonchev–Trinajstić information content (AvgIpc) is 2.99. The van der Waals surface area contributed by atoms with Crippen LogP contribution in [0.25, 0.3) is 16.7 Å². The molecule has 0 aliphatic rings. The number of hydrogen-bond donors (Lipinski definition) is 0. The van der Waals surface area contributed by atoms with Crippen molar-refractivity contribution in [2.24, 2.45) is 0 Å². The van der Waals surface area contributed by atoms with Crippen LogP contribution < -0.4 is 9.47 Å². The van der Waals surface area contributed by atoms with Crippen LogP contribution in [0.15, 0.2) is 42.5 Å². The van der Waals surface area contributed by atoms with Crippen molar-refractivity contribution < 1.29 is 9.47 Å². The zero-order chi connectivity index (χ0) is 16.7. The molecule has 0 bridgehead atoms. The number of methoxy groups -OCH3 is 1. The minimum Gasteiger partial charge on any atom is -0.497 e. The number of rotatable bonds is 3. The molecule has 2 aromatic heterocycles. The minimum atomic E-state index is 0.428. The van der Waals surface area contributed by atoms with Gasteiger partial charge in [0.25, 0.3) is 5.88 Å². The molecule has 4 aromatic rings. The molecule has 0 fully saturated rings. The van der Waals surface area contributed by atoms with Crippen LogP contribution in [0.4, 0.5) is 0 Å². The van der Waals surface area contributed by atoms with Gasteiger partial charge >= 0.3 is 0 Å². The van der Waals surface area contributed by atoms with E-state index in [1.807, 2.05) is 54.6 Å². The van der Waals surface area contributed by atoms with Gasteiger partial charge < -0.3 is 9.47 Å². The molecule has 0 saturated carbocycles. The largest absolute Gasteiger partial charge is 0.497 e. The maximum absolute atomic E-state index is 5.95. The molecule has 0 amide bonds. The van der Waals surface area contributed by atoms with E-state index < -0.39 is 0 Å². The first-order valence-electron chi connectivity index (χ1n) is 7.60. The van der Waals surface area contributed by atoms with Gasteiger partial charge in [0.05, 0.1) is 18.1 Å². The molecule has 120 valence electrons. The monoisotopic (exact) mass is 320 g/mol. The van der Waals surface area contributed by atoms with Crippen LogP contribution in [0, 0.1) is 13.8 Å². The lowest BCUT2D eigenvalue weighted by Gasteiger charge is -2.10. The quantitative estimate of drug-likeness (QED) is 0.576. The van der Waals surface area contributed by atoms with Crippen LogP contribution in [-0.4, -0.2) is 26.7 Å². The van der Waals surface area contributed by atoms with Gasteiger partial charge in [-0.1, -0.05) is 6.07 Å². The summed E-state index contributed by atoms with van der Waals surface area (Å²) in [6.07, 6.45) is 0. The van der Waals surface area contributed by atoms with Crippen molar-refractivity contribution in [3.63, 3.8) is 0 Å². The van der Waals surface area contributed by atoms with Crippen LogP contribution >= 0.6 is 0 Å². The summed E-state index contributed by atoms with van der Waals surface area (Å²) in [6, 6.07) is 13.4. The maximum Gasteiger partial charge on any atom is 0.266 e. The smallest absolute Gasteiger partial charge is 0.266 e. The lowest BCUT2D eigenvalue weighted by atomic mass is 10.2. The van der Waals surface area contributed by atoms with Gasteiger partial charge in [-0.15, -0.1) is 10.2 Å². The molecule has 6 nitrogen and oxygen atoms in total. The van der Waals surface area contributed by atoms with Gasteiger partial charge in [0, 0.05) is 0 Å². The van der Waals surface area contributed by atoms with Crippen LogP contribution in [-0.2, 0) is 0 Å². The lowest BCUT2D eigenvalue weighted by molar-refractivity contribution is 0.412. The summed E-state index contributed by atoms with van der Waals surface area (Å²) in [7, 11) is 1.63.